The predicted molar refractivity (Wildman–Crippen MR) is 152 cm³/mol. The maximum Gasteiger partial charge on any atom is 0.319 e. The fourth-order valence-corrected chi connectivity index (χ4v) is 8.04. The molecule has 4 aliphatic heterocycles. The van der Waals surface area contributed by atoms with Crippen molar-refractivity contribution in [1.82, 2.24) is 25.2 Å². The third-order valence-electron chi connectivity index (χ3n) is 9.71. The van der Waals surface area contributed by atoms with Crippen LogP contribution in [0.25, 0.3) is 22.2 Å². The van der Waals surface area contributed by atoms with Gasteiger partial charge in [0.25, 0.3) is 0 Å². The van der Waals surface area contributed by atoms with Gasteiger partial charge in [-0.25, -0.2) is 0 Å². The molecule has 6 heterocycles. The standard InChI is InChI=1S/C30H35ClN6O2/c31-24-13-22(38)12-23(26(24)18-3-4-18)19-11-25-27(32-14-19)28(36-15-20-5-6-21(16-36)33-20)35-29(34-25)39-17-30-7-1-9-37(30)10-2-8-30/h11-14,18,20-21,33,38H,1-10,15-17H2. The van der Waals surface area contributed by atoms with Crippen molar-refractivity contribution in [3.8, 4) is 22.9 Å². The summed E-state index contributed by atoms with van der Waals surface area (Å²) in [7, 11) is 0. The first kappa shape index (κ1) is 24.1. The summed E-state index contributed by atoms with van der Waals surface area (Å²) in [5, 5.41) is 14.7. The molecule has 1 saturated carbocycles. The van der Waals surface area contributed by atoms with Crippen molar-refractivity contribution in [3.63, 3.8) is 0 Å². The molecule has 4 saturated heterocycles. The lowest BCUT2D eigenvalue weighted by atomic mass is 9.95. The minimum Gasteiger partial charge on any atom is -0.508 e. The summed E-state index contributed by atoms with van der Waals surface area (Å²) >= 11 is 6.63. The number of nitrogens with one attached hydrogen (secondary N) is 1. The van der Waals surface area contributed by atoms with Crippen molar-refractivity contribution in [2.24, 2.45) is 0 Å². The number of phenols is 1. The van der Waals surface area contributed by atoms with Crippen molar-refractivity contribution >= 4 is 28.5 Å². The number of nitrogens with zero attached hydrogens (tertiary/aromatic N) is 5. The van der Waals surface area contributed by atoms with E-state index in [0.717, 1.165) is 59.5 Å². The number of pyridine rings is 1. The molecule has 3 aromatic rings. The zero-order valence-corrected chi connectivity index (χ0v) is 23.0. The number of halogens is 1. The molecule has 2 bridgehead atoms. The van der Waals surface area contributed by atoms with Gasteiger partial charge in [0, 0.05) is 42.0 Å². The van der Waals surface area contributed by atoms with Gasteiger partial charge in [-0.1, -0.05) is 11.6 Å². The van der Waals surface area contributed by atoms with Crippen molar-refractivity contribution in [3.05, 3.63) is 35.0 Å². The molecule has 2 unspecified atom stereocenters. The summed E-state index contributed by atoms with van der Waals surface area (Å²) < 4.78 is 6.46. The fourth-order valence-electron chi connectivity index (χ4n) is 7.67. The maximum atomic E-state index is 10.4. The Morgan fingerprint density at radius 1 is 1.03 bits per heavy atom. The Morgan fingerprint density at radius 3 is 2.54 bits per heavy atom. The first-order valence-corrected chi connectivity index (χ1v) is 15.0. The van der Waals surface area contributed by atoms with Gasteiger partial charge in [-0.05, 0) is 99.7 Å². The minimum atomic E-state index is 0.129. The highest BCUT2D eigenvalue weighted by atomic mass is 35.5. The van der Waals surface area contributed by atoms with Crippen LogP contribution in [-0.2, 0) is 0 Å². The average molecular weight is 547 g/mol. The van der Waals surface area contributed by atoms with E-state index in [-0.39, 0.29) is 11.3 Å². The number of ether oxygens (including phenoxy) is 1. The number of aromatic nitrogens is 3. The van der Waals surface area contributed by atoms with E-state index in [2.05, 4.69) is 21.2 Å². The molecular weight excluding hydrogens is 512 g/mol. The Balaban J connectivity index is 1.21. The molecule has 1 aromatic carbocycles. The highest BCUT2D eigenvalue weighted by Crippen LogP contribution is 2.49. The SMILES string of the molecule is Oc1cc(Cl)c(C2CC2)c(-c2cnc3c(N4CC5CCC(C4)N5)nc(OCC45CCCN4CCC5)nc3c2)c1. The summed E-state index contributed by atoms with van der Waals surface area (Å²) in [5.41, 5.74) is 4.65. The number of hydrogen-bond acceptors (Lipinski definition) is 8. The second-order valence-corrected chi connectivity index (χ2v) is 12.7. The molecule has 5 fully saturated rings. The lowest BCUT2D eigenvalue weighted by Crippen LogP contribution is -2.51. The van der Waals surface area contributed by atoms with E-state index in [4.69, 9.17) is 31.3 Å². The topological polar surface area (TPSA) is 86.6 Å². The number of hydrogen-bond donors (Lipinski definition) is 2. The molecule has 8 rings (SSSR count). The third kappa shape index (κ3) is 4.23. The molecule has 39 heavy (non-hydrogen) atoms. The Labute approximate surface area is 233 Å². The molecule has 0 radical (unpaired) electrons. The van der Waals surface area contributed by atoms with Gasteiger partial charge < -0.3 is 20.1 Å². The molecule has 1 aliphatic carbocycles. The predicted octanol–water partition coefficient (Wildman–Crippen LogP) is 4.88. The Hall–Kier alpha value is -2.68. The quantitative estimate of drug-likeness (QED) is 0.452. The molecule has 2 atom stereocenters. The van der Waals surface area contributed by atoms with Crippen LogP contribution in [0.3, 0.4) is 0 Å². The second-order valence-electron chi connectivity index (χ2n) is 12.3. The first-order chi connectivity index (χ1) is 19.0. The fraction of sp³-hybridized carbons (Fsp3) is 0.567. The van der Waals surface area contributed by atoms with E-state index < -0.39 is 0 Å². The van der Waals surface area contributed by atoms with E-state index in [1.807, 2.05) is 12.3 Å². The summed E-state index contributed by atoms with van der Waals surface area (Å²) in [5.74, 6) is 1.46. The largest absolute Gasteiger partial charge is 0.508 e. The summed E-state index contributed by atoms with van der Waals surface area (Å²) in [6, 6.07) is 6.93. The van der Waals surface area contributed by atoms with Crippen LogP contribution in [0.1, 0.15) is 62.8 Å². The number of rotatable bonds is 6. The number of phenolic OH excluding ortho intramolecular Hbond substituents is 1. The number of aromatic hydroxyl groups is 1. The second kappa shape index (κ2) is 9.18. The molecule has 8 nitrogen and oxygen atoms in total. The van der Waals surface area contributed by atoms with Gasteiger partial charge in [0.2, 0.25) is 0 Å². The van der Waals surface area contributed by atoms with Crippen LogP contribution in [0.5, 0.6) is 11.8 Å². The van der Waals surface area contributed by atoms with Gasteiger partial charge in [-0.3, -0.25) is 9.88 Å². The molecule has 0 amide bonds. The third-order valence-corrected chi connectivity index (χ3v) is 10.0. The molecule has 0 spiro atoms. The van der Waals surface area contributed by atoms with Gasteiger partial charge in [0.1, 0.15) is 17.9 Å². The van der Waals surface area contributed by atoms with Crippen LogP contribution < -0.4 is 15.0 Å². The van der Waals surface area contributed by atoms with Crippen LogP contribution in [0.4, 0.5) is 5.82 Å². The molecule has 5 aliphatic rings. The van der Waals surface area contributed by atoms with Gasteiger partial charge in [0.15, 0.2) is 5.82 Å². The van der Waals surface area contributed by atoms with Gasteiger partial charge in [-0.2, -0.15) is 9.97 Å². The van der Waals surface area contributed by atoms with Gasteiger partial charge in [0.05, 0.1) is 11.1 Å². The zero-order valence-electron chi connectivity index (χ0n) is 22.2. The van der Waals surface area contributed by atoms with Gasteiger partial charge >= 0.3 is 6.01 Å². The van der Waals surface area contributed by atoms with Crippen LogP contribution in [-0.4, -0.2) is 75.4 Å². The van der Waals surface area contributed by atoms with Crippen molar-refractivity contribution in [1.29, 1.82) is 0 Å². The van der Waals surface area contributed by atoms with E-state index in [1.165, 1.54) is 51.6 Å². The molecule has 9 heteroatoms. The lowest BCUT2D eigenvalue weighted by Gasteiger charge is -2.34. The van der Waals surface area contributed by atoms with E-state index in [1.54, 1.807) is 6.07 Å². The Kier molecular flexibility index (Phi) is 5.68. The Morgan fingerprint density at radius 2 is 1.79 bits per heavy atom. The molecule has 2 aromatic heterocycles. The van der Waals surface area contributed by atoms with E-state index in [9.17, 15) is 5.11 Å². The minimum absolute atomic E-state index is 0.129. The highest BCUT2D eigenvalue weighted by Gasteiger charge is 2.45. The van der Waals surface area contributed by atoms with Crippen molar-refractivity contribution in [2.45, 2.75) is 74.9 Å². The van der Waals surface area contributed by atoms with Crippen LogP contribution in [0.15, 0.2) is 24.4 Å². The zero-order chi connectivity index (χ0) is 26.1. The molecule has 204 valence electrons. The monoisotopic (exact) mass is 546 g/mol. The lowest BCUT2D eigenvalue weighted by molar-refractivity contribution is 0.108. The summed E-state index contributed by atoms with van der Waals surface area (Å²) in [4.78, 5) is 19.8. The molecular formula is C30H35ClN6O2. The molecule has 2 N–H and O–H groups in total. The smallest absolute Gasteiger partial charge is 0.319 e. The number of anilines is 1. The first-order valence-electron chi connectivity index (χ1n) is 14.6. The number of fused-ring (bicyclic) bond motifs is 4. The summed E-state index contributed by atoms with van der Waals surface area (Å²) in [6.07, 6.45) is 11.4. The number of benzene rings is 1. The van der Waals surface area contributed by atoms with Crippen LogP contribution >= 0.6 is 11.6 Å². The number of piperazine rings is 1. The van der Waals surface area contributed by atoms with Crippen molar-refractivity contribution in [2.75, 3.05) is 37.7 Å². The van der Waals surface area contributed by atoms with Crippen LogP contribution in [0.2, 0.25) is 5.02 Å². The van der Waals surface area contributed by atoms with Crippen LogP contribution in [0, 0.1) is 0 Å². The normalized spacial score (nSPS) is 25.9. The summed E-state index contributed by atoms with van der Waals surface area (Å²) in [6.45, 7) is 4.79. The van der Waals surface area contributed by atoms with Crippen molar-refractivity contribution < 1.29 is 9.84 Å². The van der Waals surface area contributed by atoms with E-state index >= 15 is 0 Å². The van der Waals surface area contributed by atoms with E-state index in [0.29, 0.717) is 35.6 Å². The highest BCUT2D eigenvalue weighted by molar-refractivity contribution is 6.32. The van der Waals surface area contributed by atoms with Gasteiger partial charge in [-0.15, -0.1) is 0 Å². The average Bonchev–Trinajstić information content (AvgIpc) is 3.42. The maximum absolute atomic E-state index is 10.4. The Bertz CT molecular complexity index is 1420.